The molecule has 0 spiro atoms. The molecule has 1 amide bonds. The lowest BCUT2D eigenvalue weighted by Crippen LogP contribution is -2.46. The van der Waals surface area contributed by atoms with Crippen LogP contribution in [0.1, 0.15) is 188 Å². The van der Waals surface area contributed by atoms with E-state index in [1.54, 1.807) is 0 Å². The van der Waals surface area contributed by atoms with E-state index in [2.05, 4.69) is 56.5 Å². The van der Waals surface area contributed by atoms with Crippen LogP contribution in [0, 0.1) is 0 Å². The van der Waals surface area contributed by atoms with E-state index in [1.807, 2.05) is 30.4 Å². The fourth-order valence-electron chi connectivity index (χ4n) is 5.95. The number of unbranched alkanes of at least 4 members (excludes halogenated alkanes) is 17. The number of amides is 1. The van der Waals surface area contributed by atoms with Gasteiger partial charge in [-0.15, -0.1) is 0 Å². The second-order valence-corrected chi connectivity index (χ2v) is 14.1. The first-order chi connectivity index (χ1) is 25.0. The molecule has 0 aliphatic rings. The molecule has 0 fully saturated rings. The third-order valence-electron chi connectivity index (χ3n) is 9.18. The second-order valence-electron chi connectivity index (χ2n) is 14.1. The van der Waals surface area contributed by atoms with Crippen molar-refractivity contribution in [3.05, 3.63) is 60.8 Å². The first-order valence-corrected chi connectivity index (χ1v) is 21.1. The largest absolute Gasteiger partial charge is 0.462 e. The van der Waals surface area contributed by atoms with Crippen LogP contribution in [0.25, 0.3) is 0 Å². The van der Waals surface area contributed by atoms with Crippen molar-refractivity contribution in [2.75, 3.05) is 6.61 Å². The Bertz CT molecular complexity index is 937. The van der Waals surface area contributed by atoms with E-state index < -0.39 is 18.2 Å². The molecule has 0 saturated heterocycles. The first kappa shape index (κ1) is 48.6. The summed E-state index contributed by atoms with van der Waals surface area (Å²) in [6, 6.07) is -0.712. The maximum Gasteiger partial charge on any atom is 0.306 e. The van der Waals surface area contributed by atoms with Crippen molar-refractivity contribution < 1.29 is 24.5 Å². The van der Waals surface area contributed by atoms with Gasteiger partial charge < -0.3 is 20.3 Å². The zero-order valence-electron chi connectivity index (χ0n) is 33.2. The zero-order chi connectivity index (χ0) is 37.5. The average Bonchev–Trinajstić information content (AvgIpc) is 3.12. The van der Waals surface area contributed by atoms with E-state index in [9.17, 15) is 19.8 Å². The maximum absolute atomic E-state index is 13.0. The van der Waals surface area contributed by atoms with Crippen molar-refractivity contribution in [1.29, 1.82) is 0 Å². The van der Waals surface area contributed by atoms with Crippen molar-refractivity contribution in [1.82, 2.24) is 5.32 Å². The Morgan fingerprint density at radius 2 is 1.10 bits per heavy atom. The van der Waals surface area contributed by atoms with E-state index >= 15 is 0 Å². The van der Waals surface area contributed by atoms with Crippen molar-refractivity contribution >= 4 is 11.9 Å². The van der Waals surface area contributed by atoms with Crippen LogP contribution in [0.4, 0.5) is 0 Å². The molecule has 0 aliphatic heterocycles. The molecule has 3 atom stereocenters. The molecule has 3 N–H and O–H groups in total. The molecule has 6 nitrogen and oxygen atoms in total. The number of rotatable bonds is 36. The highest BCUT2D eigenvalue weighted by atomic mass is 16.5. The summed E-state index contributed by atoms with van der Waals surface area (Å²) in [7, 11) is 0. The normalized spacial score (nSPS) is 14.1. The molecule has 6 heteroatoms. The summed E-state index contributed by atoms with van der Waals surface area (Å²) in [4.78, 5) is 25.8. The fourth-order valence-corrected chi connectivity index (χ4v) is 5.95. The molecule has 3 unspecified atom stereocenters. The van der Waals surface area contributed by atoms with Crippen LogP contribution in [0.15, 0.2) is 60.8 Å². The number of hydrogen-bond donors (Lipinski definition) is 3. The number of aliphatic hydroxyl groups is 2. The highest BCUT2D eigenvalue weighted by Gasteiger charge is 2.24. The van der Waals surface area contributed by atoms with Gasteiger partial charge >= 0.3 is 5.97 Å². The monoisotopic (exact) mass is 714 g/mol. The Hall–Kier alpha value is -2.44. The predicted molar refractivity (Wildman–Crippen MR) is 218 cm³/mol. The van der Waals surface area contributed by atoms with Crippen molar-refractivity contribution in [2.24, 2.45) is 0 Å². The van der Waals surface area contributed by atoms with Gasteiger partial charge in [-0.1, -0.05) is 171 Å². The molecule has 0 aromatic rings. The van der Waals surface area contributed by atoms with Gasteiger partial charge in [0.15, 0.2) is 0 Å². The number of allylic oxidation sites excluding steroid dienone is 10. The second kappa shape index (κ2) is 38.8. The van der Waals surface area contributed by atoms with Gasteiger partial charge in [0.1, 0.15) is 6.10 Å². The number of hydrogen-bond acceptors (Lipinski definition) is 5. The molecule has 0 heterocycles. The Balaban J connectivity index is 4.67. The number of aliphatic hydroxyl groups excluding tert-OH is 2. The van der Waals surface area contributed by atoms with E-state index in [-0.39, 0.29) is 24.9 Å². The third kappa shape index (κ3) is 34.4. The third-order valence-corrected chi connectivity index (χ3v) is 9.18. The summed E-state index contributed by atoms with van der Waals surface area (Å²) in [6.45, 7) is 6.24. The molecule has 0 aromatic heterocycles. The van der Waals surface area contributed by atoms with Gasteiger partial charge in [0.2, 0.25) is 5.91 Å². The molecule has 0 radical (unpaired) electrons. The first-order valence-electron chi connectivity index (χ1n) is 21.1. The number of ether oxygens (including phenoxy) is 1. The minimum absolute atomic E-state index is 0.0481. The Kier molecular flexibility index (Phi) is 36.9. The summed E-state index contributed by atoms with van der Waals surface area (Å²) in [5.41, 5.74) is 0. The van der Waals surface area contributed by atoms with Gasteiger partial charge in [0, 0.05) is 6.42 Å². The van der Waals surface area contributed by atoms with Crippen LogP contribution in [0.3, 0.4) is 0 Å². The number of nitrogens with one attached hydrogen (secondary N) is 1. The van der Waals surface area contributed by atoms with Crippen molar-refractivity contribution in [3.8, 4) is 0 Å². The van der Waals surface area contributed by atoms with Crippen molar-refractivity contribution in [3.63, 3.8) is 0 Å². The number of esters is 1. The zero-order valence-corrected chi connectivity index (χ0v) is 33.2. The Morgan fingerprint density at radius 1 is 0.588 bits per heavy atom. The van der Waals surface area contributed by atoms with E-state index in [0.717, 1.165) is 83.5 Å². The topological polar surface area (TPSA) is 95.9 Å². The SMILES string of the molecule is CC/C=C/C=C/C=C\C=C/CCCCCC(=O)OC(CCCCC/C=C\CCCC)CC(=O)NC(CO)C(O)CCCCCCCCCCCC. The summed E-state index contributed by atoms with van der Waals surface area (Å²) in [6.07, 6.45) is 45.7. The Labute approximate surface area is 314 Å². The highest BCUT2D eigenvalue weighted by Crippen LogP contribution is 2.16. The summed E-state index contributed by atoms with van der Waals surface area (Å²) >= 11 is 0. The van der Waals surface area contributed by atoms with Crippen LogP contribution >= 0.6 is 0 Å². The standard InChI is InChI=1S/C45H79NO5/c1-4-7-10-13-16-19-21-22-23-26-29-32-35-38-45(50)51-41(36-33-30-27-24-18-15-12-9-6-3)39-44(49)46-42(40-47)43(48)37-34-31-28-25-20-17-14-11-8-5-2/h7,10,13,15-16,18-19,21-23,41-43,47-48H,4-6,8-9,11-12,14,17,20,24-40H2,1-3H3,(H,46,49)/b10-7+,16-13+,18-15-,21-19-,23-22-. The molecule has 294 valence electrons. The average molecular weight is 714 g/mol. The summed E-state index contributed by atoms with van der Waals surface area (Å²) in [5.74, 6) is -0.546. The lowest BCUT2D eigenvalue weighted by Gasteiger charge is -2.24. The van der Waals surface area contributed by atoms with Gasteiger partial charge in [0.25, 0.3) is 0 Å². The Morgan fingerprint density at radius 3 is 1.73 bits per heavy atom. The highest BCUT2D eigenvalue weighted by molar-refractivity contribution is 5.77. The molecule has 0 bridgehead atoms. The van der Waals surface area contributed by atoms with Gasteiger partial charge in [-0.05, 0) is 64.2 Å². The maximum atomic E-state index is 13.0. The summed E-state index contributed by atoms with van der Waals surface area (Å²) in [5, 5.41) is 23.5. The van der Waals surface area contributed by atoms with Crippen LogP contribution < -0.4 is 5.32 Å². The van der Waals surface area contributed by atoms with Gasteiger partial charge in [-0.3, -0.25) is 9.59 Å². The lowest BCUT2D eigenvalue weighted by molar-refractivity contribution is -0.151. The van der Waals surface area contributed by atoms with Crippen LogP contribution in [0.5, 0.6) is 0 Å². The predicted octanol–water partition coefficient (Wildman–Crippen LogP) is 11.7. The quantitative estimate of drug-likeness (QED) is 0.0260. The van der Waals surface area contributed by atoms with Gasteiger partial charge in [0.05, 0.1) is 25.2 Å². The van der Waals surface area contributed by atoms with Gasteiger partial charge in [-0.2, -0.15) is 0 Å². The van der Waals surface area contributed by atoms with E-state index in [1.165, 1.54) is 57.8 Å². The smallest absolute Gasteiger partial charge is 0.306 e. The molecule has 51 heavy (non-hydrogen) atoms. The van der Waals surface area contributed by atoms with E-state index in [0.29, 0.717) is 19.3 Å². The van der Waals surface area contributed by atoms with Crippen molar-refractivity contribution in [2.45, 2.75) is 206 Å². The molecule has 0 aromatic carbocycles. The summed E-state index contributed by atoms with van der Waals surface area (Å²) < 4.78 is 5.84. The molecule has 0 saturated carbocycles. The molecule has 0 rings (SSSR count). The van der Waals surface area contributed by atoms with Crippen LogP contribution in [-0.4, -0.2) is 46.9 Å². The van der Waals surface area contributed by atoms with Gasteiger partial charge in [-0.25, -0.2) is 0 Å². The number of carbonyl (C=O) groups excluding carboxylic acids is 2. The molecule has 0 aliphatic carbocycles. The lowest BCUT2D eigenvalue weighted by atomic mass is 10.0. The molecular weight excluding hydrogens is 634 g/mol. The van der Waals surface area contributed by atoms with Crippen LogP contribution in [-0.2, 0) is 14.3 Å². The molecular formula is C45H79NO5. The fraction of sp³-hybridized carbons (Fsp3) is 0.733. The van der Waals surface area contributed by atoms with E-state index in [4.69, 9.17) is 4.74 Å². The minimum Gasteiger partial charge on any atom is -0.462 e. The number of carbonyl (C=O) groups is 2. The minimum atomic E-state index is -0.796. The van der Waals surface area contributed by atoms with Crippen LogP contribution in [0.2, 0.25) is 0 Å².